The van der Waals surface area contributed by atoms with Crippen molar-refractivity contribution in [2.24, 2.45) is 0 Å². The predicted molar refractivity (Wildman–Crippen MR) is 117 cm³/mol. The summed E-state index contributed by atoms with van der Waals surface area (Å²) in [6.07, 6.45) is 0. The van der Waals surface area contributed by atoms with E-state index < -0.39 is 7.82 Å². The molecule has 29 heavy (non-hydrogen) atoms. The molecule has 0 amide bonds. The summed E-state index contributed by atoms with van der Waals surface area (Å²) in [5.74, 6) is 1.93. The third-order valence-corrected chi connectivity index (χ3v) is 5.75. The summed E-state index contributed by atoms with van der Waals surface area (Å²) in [6.45, 7) is 8.36. The molecule has 5 heteroatoms. The number of phosphoric acid groups is 1. The molecule has 0 saturated heterocycles. The van der Waals surface area contributed by atoms with Crippen molar-refractivity contribution >= 4 is 7.82 Å². The summed E-state index contributed by atoms with van der Waals surface area (Å²) >= 11 is 0. The van der Waals surface area contributed by atoms with Gasteiger partial charge in [0.1, 0.15) is 17.2 Å². The van der Waals surface area contributed by atoms with Crippen LogP contribution in [-0.4, -0.2) is 0 Å². The van der Waals surface area contributed by atoms with Gasteiger partial charge in [-0.2, -0.15) is 4.57 Å². The summed E-state index contributed by atoms with van der Waals surface area (Å²) in [4.78, 5) is 0. The largest absolute Gasteiger partial charge is 0.647 e. The second-order valence-electron chi connectivity index (χ2n) is 7.49. The molecule has 0 bridgehead atoms. The number of para-hydroxylation sites is 1. The maximum absolute atomic E-state index is 13.6. The van der Waals surface area contributed by atoms with Gasteiger partial charge in [-0.1, -0.05) is 70.2 Å². The van der Waals surface area contributed by atoms with Crippen molar-refractivity contribution in [1.29, 1.82) is 0 Å². The van der Waals surface area contributed by atoms with Gasteiger partial charge >= 0.3 is 7.82 Å². The smallest absolute Gasteiger partial charge is 0.386 e. The molecule has 3 aromatic carbocycles. The van der Waals surface area contributed by atoms with Crippen LogP contribution < -0.4 is 13.6 Å². The highest BCUT2D eigenvalue weighted by atomic mass is 31.2. The van der Waals surface area contributed by atoms with Crippen molar-refractivity contribution in [3.63, 3.8) is 0 Å². The van der Waals surface area contributed by atoms with Crippen LogP contribution in [-0.2, 0) is 4.57 Å². The Hall–Kier alpha value is -2.71. The van der Waals surface area contributed by atoms with Crippen molar-refractivity contribution in [3.8, 4) is 17.2 Å². The number of hydrogen-bond donors (Lipinski definition) is 0. The van der Waals surface area contributed by atoms with E-state index in [1.54, 1.807) is 36.4 Å². The highest BCUT2D eigenvalue weighted by Crippen LogP contribution is 2.50. The van der Waals surface area contributed by atoms with Gasteiger partial charge in [0.15, 0.2) is 0 Å². The molecule has 0 heterocycles. The van der Waals surface area contributed by atoms with Gasteiger partial charge in [0.25, 0.3) is 0 Å². The normalized spacial score (nSPS) is 11.5. The second kappa shape index (κ2) is 9.19. The van der Waals surface area contributed by atoms with Crippen molar-refractivity contribution in [3.05, 3.63) is 90.0 Å². The third-order valence-electron chi connectivity index (χ3n) is 4.44. The van der Waals surface area contributed by atoms with Gasteiger partial charge in [0.2, 0.25) is 0 Å². The molecule has 0 aliphatic heterocycles. The molecular formula is C24H27O4P. The van der Waals surface area contributed by atoms with E-state index in [0.717, 1.165) is 11.1 Å². The molecule has 0 saturated carbocycles. The van der Waals surface area contributed by atoms with Crippen LogP contribution in [0.15, 0.2) is 78.9 Å². The Morgan fingerprint density at radius 1 is 0.586 bits per heavy atom. The van der Waals surface area contributed by atoms with Crippen LogP contribution in [0.25, 0.3) is 0 Å². The lowest BCUT2D eigenvalue weighted by atomic mass is 10.0. The Bertz CT molecular complexity index is 925. The number of rotatable bonds is 8. The van der Waals surface area contributed by atoms with Gasteiger partial charge < -0.3 is 13.6 Å². The van der Waals surface area contributed by atoms with Crippen molar-refractivity contribution < 1.29 is 18.1 Å². The Morgan fingerprint density at radius 3 is 1.45 bits per heavy atom. The monoisotopic (exact) mass is 410 g/mol. The number of hydrogen-bond acceptors (Lipinski definition) is 4. The molecular weight excluding hydrogens is 383 g/mol. The summed E-state index contributed by atoms with van der Waals surface area (Å²) in [5, 5.41) is 0. The summed E-state index contributed by atoms with van der Waals surface area (Å²) < 4.78 is 31.0. The van der Waals surface area contributed by atoms with Gasteiger partial charge in [-0.15, -0.1) is 0 Å². The van der Waals surface area contributed by atoms with Crippen LogP contribution in [0, 0.1) is 0 Å². The average molecular weight is 410 g/mol. The first-order valence-electron chi connectivity index (χ1n) is 9.78. The lowest BCUT2D eigenvalue weighted by Gasteiger charge is -2.20. The van der Waals surface area contributed by atoms with Crippen molar-refractivity contribution in [2.75, 3.05) is 0 Å². The molecule has 0 spiro atoms. The zero-order valence-electron chi connectivity index (χ0n) is 17.2. The van der Waals surface area contributed by atoms with E-state index in [4.69, 9.17) is 13.6 Å². The summed E-state index contributed by atoms with van der Waals surface area (Å²) in [5.41, 5.74) is 2.16. The van der Waals surface area contributed by atoms with E-state index in [0.29, 0.717) is 29.1 Å². The molecule has 0 radical (unpaired) electrons. The quantitative estimate of drug-likeness (QED) is 0.359. The molecule has 3 rings (SSSR count). The Morgan fingerprint density at radius 2 is 1.00 bits per heavy atom. The Labute approximate surface area is 173 Å². The van der Waals surface area contributed by atoms with Gasteiger partial charge in [-0.3, -0.25) is 0 Å². The molecule has 0 aliphatic carbocycles. The van der Waals surface area contributed by atoms with Crippen LogP contribution in [0.3, 0.4) is 0 Å². The van der Waals surface area contributed by atoms with E-state index in [1.807, 2.05) is 42.5 Å². The molecule has 152 valence electrons. The maximum Gasteiger partial charge on any atom is 0.647 e. The third kappa shape index (κ3) is 5.88. The molecule has 0 fully saturated rings. The van der Waals surface area contributed by atoms with Gasteiger partial charge in [0, 0.05) is 0 Å². The van der Waals surface area contributed by atoms with Crippen molar-refractivity contribution in [2.45, 2.75) is 39.5 Å². The topological polar surface area (TPSA) is 44.8 Å². The Kier molecular flexibility index (Phi) is 6.66. The molecule has 0 N–H and O–H groups in total. The first-order chi connectivity index (χ1) is 13.8. The SMILES string of the molecule is CC(C)c1cccc(OP(=O)(Oc2ccccc2)Oc2cccc(C(C)C)c2)c1. The fourth-order valence-electron chi connectivity index (χ4n) is 2.79. The first kappa shape index (κ1) is 21.0. The Balaban J connectivity index is 1.92. The van der Waals surface area contributed by atoms with Crippen LogP contribution in [0.5, 0.6) is 17.2 Å². The predicted octanol–water partition coefficient (Wildman–Crippen LogP) is 7.58. The standard InChI is InChI=1S/C24H27O4P/c1-18(2)20-10-8-14-23(16-20)27-29(25,26-22-12-6-5-7-13-22)28-24-15-9-11-21(17-24)19(3)4/h5-19H,1-4H3. The highest BCUT2D eigenvalue weighted by Gasteiger charge is 2.33. The fourth-order valence-corrected chi connectivity index (χ4v) is 4.02. The van der Waals surface area contributed by atoms with E-state index in [1.165, 1.54) is 0 Å². The maximum atomic E-state index is 13.6. The van der Waals surface area contributed by atoms with Crippen LogP contribution in [0.2, 0.25) is 0 Å². The molecule has 0 atom stereocenters. The van der Waals surface area contributed by atoms with E-state index >= 15 is 0 Å². The minimum atomic E-state index is -3.99. The van der Waals surface area contributed by atoms with E-state index in [2.05, 4.69) is 27.7 Å². The molecule has 4 nitrogen and oxygen atoms in total. The number of phosphoric ester groups is 1. The second-order valence-corrected chi connectivity index (χ2v) is 8.93. The van der Waals surface area contributed by atoms with Crippen LogP contribution >= 0.6 is 7.82 Å². The van der Waals surface area contributed by atoms with E-state index in [-0.39, 0.29) is 0 Å². The van der Waals surface area contributed by atoms with Gasteiger partial charge in [-0.25, -0.2) is 0 Å². The minimum Gasteiger partial charge on any atom is -0.386 e. The zero-order valence-corrected chi connectivity index (χ0v) is 18.1. The van der Waals surface area contributed by atoms with E-state index in [9.17, 15) is 4.57 Å². The first-order valence-corrected chi connectivity index (χ1v) is 11.2. The van der Waals surface area contributed by atoms with Gasteiger partial charge in [0.05, 0.1) is 0 Å². The fraction of sp³-hybridized carbons (Fsp3) is 0.250. The van der Waals surface area contributed by atoms with Crippen LogP contribution in [0.1, 0.15) is 50.7 Å². The number of benzene rings is 3. The molecule has 0 aliphatic rings. The highest BCUT2D eigenvalue weighted by molar-refractivity contribution is 7.49. The summed E-state index contributed by atoms with van der Waals surface area (Å²) in [6, 6.07) is 23.9. The summed E-state index contributed by atoms with van der Waals surface area (Å²) in [7, 11) is -3.99. The minimum absolute atomic E-state index is 0.316. The van der Waals surface area contributed by atoms with Crippen molar-refractivity contribution in [1.82, 2.24) is 0 Å². The lowest BCUT2D eigenvalue weighted by molar-refractivity contribution is 0.298. The zero-order chi connectivity index (χ0) is 20.9. The lowest BCUT2D eigenvalue weighted by Crippen LogP contribution is -2.08. The molecule has 3 aromatic rings. The average Bonchev–Trinajstić information content (AvgIpc) is 2.68. The van der Waals surface area contributed by atoms with Crippen LogP contribution in [0.4, 0.5) is 0 Å². The van der Waals surface area contributed by atoms with Gasteiger partial charge in [-0.05, 0) is 59.4 Å². The molecule has 0 aromatic heterocycles. The molecule has 0 unspecified atom stereocenters.